The molecule has 0 radical (unpaired) electrons. The summed E-state index contributed by atoms with van der Waals surface area (Å²) in [6.07, 6.45) is 4.00. The first kappa shape index (κ1) is 13.1. The van der Waals surface area contributed by atoms with Gasteiger partial charge in [-0.25, -0.2) is 9.97 Å². The van der Waals surface area contributed by atoms with Crippen LogP contribution in [-0.2, 0) is 6.42 Å². The minimum absolute atomic E-state index is 0.588. The highest BCUT2D eigenvalue weighted by Gasteiger charge is 2.07. The predicted molar refractivity (Wildman–Crippen MR) is 72.0 cm³/mol. The molecule has 1 heterocycles. The van der Waals surface area contributed by atoms with E-state index < -0.39 is 0 Å². The van der Waals surface area contributed by atoms with Crippen LogP contribution >= 0.6 is 11.8 Å². The van der Waals surface area contributed by atoms with Gasteiger partial charge < -0.3 is 11.1 Å². The molecule has 0 saturated carbocycles. The van der Waals surface area contributed by atoms with Gasteiger partial charge in [0.15, 0.2) is 0 Å². The zero-order chi connectivity index (χ0) is 12.0. The lowest BCUT2D eigenvalue weighted by Gasteiger charge is -2.11. The maximum atomic E-state index is 5.86. The number of nitrogen functional groups attached to an aromatic ring is 1. The van der Waals surface area contributed by atoms with E-state index in [1.807, 2.05) is 18.7 Å². The first-order valence-electron chi connectivity index (χ1n) is 5.54. The predicted octanol–water partition coefficient (Wildman–Crippen LogP) is 2.09. The van der Waals surface area contributed by atoms with Gasteiger partial charge in [0, 0.05) is 24.3 Å². The first-order valence-corrected chi connectivity index (χ1v) is 6.94. The second-order valence-corrected chi connectivity index (χ2v) is 4.65. The molecule has 0 spiro atoms. The normalized spacial score (nSPS) is 10.4. The lowest BCUT2D eigenvalue weighted by atomic mass is 10.2. The van der Waals surface area contributed by atoms with Gasteiger partial charge in [-0.3, -0.25) is 0 Å². The Morgan fingerprint density at radius 3 is 2.75 bits per heavy atom. The SMILES string of the molecule is CCCc1nc(N)c(C)c(NCCSC)n1. The third-order valence-electron chi connectivity index (χ3n) is 2.30. The number of hydrogen-bond donors (Lipinski definition) is 2. The molecule has 0 fully saturated rings. The van der Waals surface area contributed by atoms with E-state index in [1.54, 1.807) is 0 Å². The molecule has 1 aromatic heterocycles. The fraction of sp³-hybridized carbons (Fsp3) is 0.636. The van der Waals surface area contributed by atoms with Crippen molar-refractivity contribution in [3.8, 4) is 0 Å². The molecule has 3 N–H and O–H groups in total. The molecule has 16 heavy (non-hydrogen) atoms. The van der Waals surface area contributed by atoms with Crippen LogP contribution in [0.1, 0.15) is 24.7 Å². The monoisotopic (exact) mass is 240 g/mol. The number of nitrogens with one attached hydrogen (secondary N) is 1. The van der Waals surface area contributed by atoms with Crippen molar-refractivity contribution in [2.24, 2.45) is 0 Å². The molecule has 0 aromatic carbocycles. The van der Waals surface area contributed by atoms with E-state index in [2.05, 4.69) is 28.5 Å². The Hall–Kier alpha value is -0.970. The van der Waals surface area contributed by atoms with E-state index in [-0.39, 0.29) is 0 Å². The molecule has 1 aromatic rings. The molecule has 0 aliphatic heterocycles. The second-order valence-electron chi connectivity index (χ2n) is 3.67. The summed E-state index contributed by atoms with van der Waals surface area (Å²) in [5.41, 5.74) is 6.80. The highest BCUT2D eigenvalue weighted by atomic mass is 32.2. The molecule has 0 atom stereocenters. The van der Waals surface area contributed by atoms with Crippen molar-refractivity contribution in [1.29, 1.82) is 0 Å². The highest BCUT2D eigenvalue weighted by Crippen LogP contribution is 2.17. The number of aromatic nitrogens is 2. The summed E-state index contributed by atoms with van der Waals surface area (Å²) in [5, 5.41) is 3.30. The number of aryl methyl sites for hydroxylation is 1. The Balaban J connectivity index is 2.79. The lowest BCUT2D eigenvalue weighted by Crippen LogP contribution is -2.11. The quantitative estimate of drug-likeness (QED) is 0.745. The Kier molecular flexibility index (Phi) is 5.38. The van der Waals surface area contributed by atoms with Gasteiger partial charge in [-0.05, 0) is 19.6 Å². The Morgan fingerprint density at radius 2 is 2.12 bits per heavy atom. The molecule has 0 aliphatic rings. The van der Waals surface area contributed by atoms with Crippen LogP contribution in [0.3, 0.4) is 0 Å². The van der Waals surface area contributed by atoms with Crippen LogP contribution in [0.4, 0.5) is 11.6 Å². The van der Waals surface area contributed by atoms with Gasteiger partial charge >= 0.3 is 0 Å². The van der Waals surface area contributed by atoms with Crippen LogP contribution in [0.25, 0.3) is 0 Å². The van der Waals surface area contributed by atoms with E-state index in [4.69, 9.17) is 5.73 Å². The smallest absolute Gasteiger partial charge is 0.134 e. The molecule has 90 valence electrons. The fourth-order valence-corrected chi connectivity index (χ4v) is 1.67. The zero-order valence-electron chi connectivity index (χ0n) is 10.2. The average Bonchev–Trinajstić information content (AvgIpc) is 2.25. The van der Waals surface area contributed by atoms with Gasteiger partial charge in [-0.1, -0.05) is 6.92 Å². The number of thioether (sulfide) groups is 1. The molecule has 0 bridgehead atoms. The lowest BCUT2D eigenvalue weighted by molar-refractivity contribution is 0.834. The molecule has 0 aliphatic carbocycles. The summed E-state index contributed by atoms with van der Waals surface area (Å²) in [7, 11) is 0. The van der Waals surface area contributed by atoms with Gasteiger partial charge in [-0.2, -0.15) is 11.8 Å². The summed E-state index contributed by atoms with van der Waals surface area (Å²) >= 11 is 1.81. The zero-order valence-corrected chi connectivity index (χ0v) is 11.0. The summed E-state index contributed by atoms with van der Waals surface area (Å²) in [6.45, 7) is 4.97. The van der Waals surface area contributed by atoms with Crippen LogP contribution in [-0.4, -0.2) is 28.5 Å². The van der Waals surface area contributed by atoms with E-state index in [9.17, 15) is 0 Å². The molecule has 0 unspecified atom stereocenters. The summed E-state index contributed by atoms with van der Waals surface area (Å²) in [4.78, 5) is 8.76. The maximum Gasteiger partial charge on any atom is 0.134 e. The number of rotatable bonds is 6. The molecule has 5 heteroatoms. The van der Waals surface area contributed by atoms with Gasteiger partial charge in [0.25, 0.3) is 0 Å². The van der Waals surface area contributed by atoms with E-state index in [1.165, 1.54) is 0 Å². The average molecular weight is 240 g/mol. The third kappa shape index (κ3) is 3.56. The van der Waals surface area contributed by atoms with Crippen molar-refractivity contribution in [3.05, 3.63) is 11.4 Å². The van der Waals surface area contributed by atoms with Gasteiger partial charge in [0.2, 0.25) is 0 Å². The van der Waals surface area contributed by atoms with Crippen molar-refractivity contribution in [1.82, 2.24) is 9.97 Å². The summed E-state index contributed by atoms with van der Waals surface area (Å²) in [5.74, 6) is 3.36. The standard InChI is InChI=1S/C11H20N4S/c1-4-5-9-14-10(12)8(2)11(15-9)13-6-7-16-3/h4-7H2,1-3H3,(H3,12,13,14,15). The van der Waals surface area contributed by atoms with Crippen molar-refractivity contribution in [2.45, 2.75) is 26.7 Å². The van der Waals surface area contributed by atoms with Gasteiger partial charge in [0.05, 0.1) is 0 Å². The third-order valence-corrected chi connectivity index (χ3v) is 2.91. The van der Waals surface area contributed by atoms with Crippen LogP contribution < -0.4 is 11.1 Å². The van der Waals surface area contributed by atoms with Crippen LogP contribution in [0, 0.1) is 6.92 Å². The van der Waals surface area contributed by atoms with Crippen molar-refractivity contribution in [3.63, 3.8) is 0 Å². The Labute approximate surface area is 101 Å². The summed E-state index contributed by atoms with van der Waals surface area (Å²) in [6, 6.07) is 0. The largest absolute Gasteiger partial charge is 0.383 e. The van der Waals surface area contributed by atoms with E-state index >= 15 is 0 Å². The Bertz CT molecular complexity index is 341. The number of nitrogens with two attached hydrogens (primary N) is 1. The van der Waals surface area contributed by atoms with Crippen LogP contribution in [0.5, 0.6) is 0 Å². The maximum absolute atomic E-state index is 5.86. The van der Waals surface area contributed by atoms with E-state index in [0.29, 0.717) is 5.82 Å². The van der Waals surface area contributed by atoms with Crippen molar-refractivity contribution < 1.29 is 0 Å². The molecule has 1 rings (SSSR count). The molecular formula is C11H20N4S. The fourth-order valence-electron chi connectivity index (χ4n) is 1.36. The van der Waals surface area contributed by atoms with Gasteiger partial charge in [-0.15, -0.1) is 0 Å². The minimum Gasteiger partial charge on any atom is -0.383 e. The first-order chi connectivity index (χ1) is 7.69. The Morgan fingerprint density at radius 1 is 1.38 bits per heavy atom. The molecule has 0 amide bonds. The van der Waals surface area contributed by atoms with Gasteiger partial charge in [0.1, 0.15) is 17.5 Å². The van der Waals surface area contributed by atoms with E-state index in [0.717, 1.165) is 42.3 Å². The number of nitrogens with zero attached hydrogens (tertiary/aromatic N) is 2. The molecular weight excluding hydrogens is 220 g/mol. The van der Waals surface area contributed by atoms with Crippen molar-refractivity contribution in [2.75, 3.05) is 29.6 Å². The highest BCUT2D eigenvalue weighted by molar-refractivity contribution is 7.98. The number of hydrogen-bond acceptors (Lipinski definition) is 5. The topological polar surface area (TPSA) is 63.8 Å². The minimum atomic E-state index is 0.588. The second kappa shape index (κ2) is 6.58. The van der Waals surface area contributed by atoms with Crippen LogP contribution in [0.2, 0.25) is 0 Å². The van der Waals surface area contributed by atoms with Crippen LogP contribution in [0.15, 0.2) is 0 Å². The summed E-state index contributed by atoms with van der Waals surface area (Å²) < 4.78 is 0. The molecule has 0 saturated heterocycles. The number of anilines is 2. The molecule has 4 nitrogen and oxygen atoms in total. The van der Waals surface area contributed by atoms with Crippen molar-refractivity contribution >= 4 is 23.4 Å².